The van der Waals surface area contributed by atoms with Crippen molar-refractivity contribution >= 4 is 0 Å². The van der Waals surface area contributed by atoms with E-state index in [4.69, 9.17) is 5.73 Å². The molecule has 1 aliphatic rings. The zero-order valence-electron chi connectivity index (χ0n) is 9.97. The zero-order valence-corrected chi connectivity index (χ0v) is 9.97. The minimum absolute atomic E-state index is 0.0667. The summed E-state index contributed by atoms with van der Waals surface area (Å²) >= 11 is 0. The highest BCUT2D eigenvalue weighted by atomic mass is 14.7. The first-order valence-electron chi connectivity index (χ1n) is 5.86. The first kappa shape index (κ1) is 11.8. The third-order valence-electron chi connectivity index (χ3n) is 3.62. The third kappa shape index (κ3) is 3.13. The van der Waals surface area contributed by atoms with Crippen molar-refractivity contribution < 1.29 is 0 Å². The molecule has 0 amide bonds. The van der Waals surface area contributed by atoms with Gasteiger partial charge in [-0.1, -0.05) is 19.4 Å². The van der Waals surface area contributed by atoms with Gasteiger partial charge in [-0.3, -0.25) is 0 Å². The summed E-state index contributed by atoms with van der Waals surface area (Å²) < 4.78 is 0. The van der Waals surface area contributed by atoms with Gasteiger partial charge in [-0.05, 0) is 50.9 Å². The Morgan fingerprint density at radius 3 is 2.29 bits per heavy atom. The Bertz CT molecular complexity index is 197. The van der Waals surface area contributed by atoms with Gasteiger partial charge < -0.3 is 5.73 Å². The Kier molecular flexibility index (Phi) is 3.77. The van der Waals surface area contributed by atoms with Crippen molar-refractivity contribution in [3.8, 4) is 0 Å². The smallest absolute Gasteiger partial charge is 0.0191 e. The Morgan fingerprint density at radius 1 is 1.43 bits per heavy atom. The van der Waals surface area contributed by atoms with Crippen LogP contribution >= 0.6 is 0 Å². The van der Waals surface area contributed by atoms with Crippen molar-refractivity contribution in [3.63, 3.8) is 0 Å². The Hall–Kier alpha value is -0.300. The van der Waals surface area contributed by atoms with Crippen LogP contribution in [-0.2, 0) is 0 Å². The summed E-state index contributed by atoms with van der Waals surface area (Å²) in [5, 5.41) is 0. The molecule has 1 aliphatic carbocycles. The fourth-order valence-corrected chi connectivity index (χ4v) is 2.66. The summed E-state index contributed by atoms with van der Waals surface area (Å²) in [7, 11) is 0. The van der Waals surface area contributed by atoms with Gasteiger partial charge in [0.05, 0.1) is 0 Å². The van der Waals surface area contributed by atoms with Crippen LogP contribution in [0.15, 0.2) is 12.2 Å². The molecule has 0 aromatic heterocycles. The molecule has 1 fully saturated rings. The highest BCUT2D eigenvalue weighted by Crippen LogP contribution is 2.37. The summed E-state index contributed by atoms with van der Waals surface area (Å²) in [6.07, 6.45) is 5.99. The molecule has 0 aliphatic heterocycles. The quantitative estimate of drug-likeness (QED) is 0.685. The summed E-state index contributed by atoms with van der Waals surface area (Å²) in [5.74, 6) is 1.72. The monoisotopic (exact) mass is 195 g/mol. The number of hydrogen-bond donors (Lipinski definition) is 1. The average molecular weight is 195 g/mol. The number of rotatable bonds is 3. The van der Waals surface area contributed by atoms with Crippen LogP contribution < -0.4 is 5.73 Å². The lowest BCUT2D eigenvalue weighted by molar-refractivity contribution is 0.194. The van der Waals surface area contributed by atoms with E-state index >= 15 is 0 Å². The molecule has 0 aromatic carbocycles. The Morgan fingerprint density at radius 2 is 1.93 bits per heavy atom. The maximum Gasteiger partial charge on any atom is 0.0191 e. The lowest BCUT2D eigenvalue weighted by atomic mass is 9.71. The standard InChI is InChI=1S/C13H25N/c1-10(2)9-13(14)7-5-12(6-8-13)11(3)4/h11-12H,1,5-9,14H2,2-4H3. The van der Waals surface area contributed by atoms with Crippen molar-refractivity contribution in [1.29, 1.82) is 0 Å². The lowest BCUT2D eigenvalue weighted by Gasteiger charge is -2.38. The second-order valence-electron chi connectivity index (χ2n) is 5.58. The lowest BCUT2D eigenvalue weighted by Crippen LogP contribution is -2.44. The number of nitrogens with two attached hydrogens (primary N) is 1. The van der Waals surface area contributed by atoms with E-state index in [1.807, 2.05) is 0 Å². The Balaban J connectivity index is 2.44. The number of hydrogen-bond acceptors (Lipinski definition) is 1. The fourth-order valence-electron chi connectivity index (χ4n) is 2.66. The highest BCUT2D eigenvalue weighted by molar-refractivity contribution is 5.02. The van der Waals surface area contributed by atoms with Crippen LogP contribution in [0.3, 0.4) is 0 Å². The summed E-state index contributed by atoms with van der Waals surface area (Å²) in [4.78, 5) is 0. The largest absolute Gasteiger partial charge is 0.325 e. The maximum atomic E-state index is 6.36. The topological polar surface area (TPSA) is 26.0 Å². The van der Waals surface area contributed by atoms with Gasteiger partial charge >= 0.3 is 0 Å². The van der Waals surface area contributed by atoms with E-state index < -0.39 is 0 Å². The van der Waals surface area contributed by atoms with Crippen molar-refractivity contribution in [2.45, 2.75) is 58.4 Å². The molecule has 14 heavy (non-hydrogen) atoms. The molecular weight excluding hydrogens is 170 g/mol. The molecule has 0 saturated heterocycles. The normalized spacial score (nSPS) is 33.4. The average Bonchev–Trinajstić information content (AvgIpc) is 2.02. The molecule has 1 saturated carbocycles. The van der Waals surface area contributed by atoms with Crippen LogP contribution in [0.5, 0.6) is 0 Å². The first-order chi connectivity index (χ1) is 6.43. The molecule has 0 heterocycles. The van der Waals surface area contributed by atoms with E-state index in [1.165, 1.54) is 31.3 Å². The SMILES string of the molecule is C=C(C)CC1(N)CCC(C(C)C)CC1. The van der Waals surface area contributed by atoms with E-state index in [9.17, 15) is 0 Å². The van der Waals surface area contributed by atoms with Crippen molar-refractivity contribution in [2.24, 2.45) is 17.6 Å². The van der Waals surface area contributed by atoms with Crippen molar-refractivity contribution in [2.75, 3.05) is 0 Å². The van der Waals surface area contributed by atoms with Crippen LogP contribution in [0.25, 0.3) is 0 Å². The second-order valence-corrected chi connectivity index (χ2v) is 5.58. The molecule has 1 heteroatoms. The van der Waals surface area contributed by atoms with Gasteiger partial charge in [0.15, 0.2) is 0 Å². The van der Waals surface area contributed by atoms with Crippen LogP contribution in [0.2, 0.25) is 0 Å². The van der Waals surface area contributed by atoms with E-state index in [-0.39, 0.29) is 5.54 Å². The summed E-state index contributed by atoms with van der Waals surface area (Å²) in [5.41, 5.74) is 7.66. The van der Waals surface area contributed by atoms with Crippen LogP contribution in [0.1, 0.15) is 52.9 Å². The van der Waals surface area contributed by atoms with E-state index in [2.05, 4.69) is 27.4 Å². The van der Waals surface area contributed by atoms with Crippen LogP contribution in [-0.4, -0.2) is 5.54 Å². The van der Waals surface area contributed by atoms with Gasteiger partial charge in [0, 0.05) is 5.54 Å². The van der Waals surface area contributed by atoms with Gasteiger partial charge in [-0.15, -0.1) is 6.58 Å². The maximum absolute atomic E-state index is 6.36. The van der Waals surface area contributed by atoms with Gasteiger partial charge in [0.2, 0.25) is 0 Å². The minimum Gasteiger partial charge on any atom is -0.325 e. The molecule has 0 radical (unpaired) electrons. The predicted molar refractivity (Wildman–Crippen MR) is 63.1 cm³/mol. The van der Waals surface area contributed by atoms with Crippen molar-refractivity contribution in [1.82, 2.24) is 0 Å². The van der Waals surface area contributed by atoms with Gasteiger partial charge in [0.25, 0.3) is 0 Å². The van der Waals surface area contributed by atoms with E-state index in [0.29, 0.717) is 0 Å². The van der Waals surface area contributed by atoms with Crippen LogP contribution in [0.4, 0.5) is 0 Å². The van der Waals surface area contributed by atoms with Gasteiger partial charge in [-0.25, -0.2) is 0 Å². The van der Waals surface area contributed by atoms with Gasteiger partial charge in [0.1, 0.15) is 0 Å². The molecule has 0 aromatic rings. The van der Waals surface area contributed by atoms with Crippen molar-refractivity contribution in [3.05, 3.63) is 12.2 Å². The molecule has 1 rings (SSSR count). The Labute approximate surface area is 88.8 Å². The molecule has 1 nitrogen and oxygen atoms in total. The summed E-state index contributed by atoms with van der Waals surface area (Å²) in [6, 6.07) is 0. The molecule has 0 bridgehead atoms. The van der Waals surface area contributed by atoms with Crippen LogP contribution in [0, 0.1) is 11.8 Å². The summed E-state index contributed by atoms with van der Waals surface area (Å²) in [6.45, 7) is 10.7. The first-order valence-corrected chi connectivity index (χ1v) is 5.86. The molecular formula is C13H25N. The third-order valence-corrected chi connectivity index (χ3v) is 3.62. The predicted octanol–water partition coefficient (Wildman–Crippen LogP) is 3.50. The minimum atomic E-state index is 0.0667. The molecule has 0 spiro atoms. The molecule has 82 valence electrons. The molecule has 0 atom stereocenters. The molecule has 0 unspecified atom stereocenters. The van der Waals surface area contributed by atoms with E-state index in [0.717, 1.165) is 18.3 Å². The highest BCUT2D eigenvalue weighted by Gasteiger charge is 2.32. The zero-order chi connectivity index (χ0) is 10.8. The molecule has 2 N–H and O–H groups in total. The fraction of sp³-hybridized carbons (Fsp3) is 0.846. The van der Waals surface area contributed by atoms with E-state index in [1.54, 1.807) is 0 Å². The second kappa shape index (κ2) is 4.48. The van der Waals surface area contributed by atoms with Gasteiger partial charge in [-0.2, -0.15) is 0 Å².